The van der Waals surface area contributed by atoms with Crippen LogP contribution in [0.5, 0.6) is 0 Å². The van der Waals surface area contributed by atoms with Crippen LogP contribution in [-0.4, -0.2) is 30.1 Å². The number of ketones is 1. The van der Waals surface area contributed by atoms with Gasteiger partial charge in [-0.1, -0.05) is 32.9 Å². The fourth-order valence-electron chi connectivity index (χ4n) is 1.71. The molecule has 0 aliphatic heterocycles. The molecule has 0 rings (SSSR count). The predicted octanol–water partition coefficient (Wildman–Crippen LogP) is 2.07. The van der Waals surface area contributed by atoms with Gasteiger partial charge in [0.15, 0.2) is 5.78 Å². The molecule has 0 radical (unpaired) electrons. The molecule has 21 heavy (non-hydrogen) atoms. The second kappa shape index (κ2) is 10.1. The number of nitrogens with two attached hydrogens (primary N) is 1. The van der Waals surface area contributed by atoms with E-state index in [0.717, 1.165) is 6.42 Å². The highest BCUT2D eigenvalue weighted by Crippen LogP contribution is 2.05. The van der Waals surface area contributed by atoms with Gasteiger partial charge in [-0.2, -0.15) is 0 Å². The van der Waals surface area contributed by atoms with Crippen LogP contribution in [0.15, 0.2) is 17.1 Å². The lowest BCUT2D eigenvalue weighted by molar-refractivity contribution is -0.128. The van der Waals surface area contributed by atoms with E-state index in [0.29, 0.717) is 24.7 Å². The Bertz CT molecular complexity index is 396. The first-order valence-corrected chi connectivity index (χ1v) is 7.49. The fourth-order valence-corrected chi connectivity index (χ4v) is 1.71. The summed E-state index contributed by atoms with van der Waals surface area (Å²) >= 11 is 0. The summed E-state index contributed by atoms with van der Waals surface area (Å²) in [5.41, 5.74) is 5.45. The number of Topliss-reactive ketones (excluding diaryl/α,β-unsaturated/α-hetero) is 1. The molecule has 1 amide bonds. The maximum absolute atomic E-state index is 12.0. The van der Waals surface area contributed by atoms with E-state index in [1.165, 1.54) is 6.92 Å². The first kappa shape index (κ1) is 19.4. The summed E-state index contributed by atoms with van der Waals surface area (Å²) in [5.74, 6) is 0.549. The molecule has 2 unspecified atom stereocenters. The Hall–Kier alpha value is -1.65. The molecule has 0 heterocycles. The average molecular weight is 295 g/mol. The van der Waals surface area contributed by atoms with Crippen LogP contribution in [-0.2, 0) is 9.59 Å². The van der Waals surface area contributed by atoms with E-state index < -0.39 is 6.04 Å². The molecule has 3 N–H and O–H groups in total. The molecule has 2 atom stereocenters. The van der Waals surface area contributed by atoms with Crippen molar-refractivity contribution in [2.75, 3.05) is 6.54 Å². The van der Waals surface area contributed by atoms with Crippen LogP contribution in [0.1, 0.15) is 47.5 Å². The van der Waals surface area contributed by atoms with Crippen LogP contribution in [0.2, 0.25) is 0 Å². The minimum atomic E-state index is -0.444. The van der Waals surface area contributed by atoms with Gasteiger partial charge in [0.2, 0.25) is 5.91 Å². The number of amidine groups is 1. The van der Waals surface area contributed by atoms with E-state index in [4.69, 9.17) is 5.73 Å². The third-order valence-electron chi connectivity index (χ3n) is 3.02. The maximum atomic E-state index is 12.0. The lowest BCUT2D eigenvalue weighted by Gasteiger charge is -2.17. The van der Waals surface area contributed by atoms with Gasteiger partial charge < -0.3 is 11.1 Å². The molecule has 0 aliphatic carbocycles. The monoisotopic (exact) mass is 295 g/mol. The van der Waals surface area contributed by atoms with E-state index in [1.54, 1.807) is 6.92 Å². The van der Waals surface area contributed by atoms with Crippen LogP contribution >= 0.6 is 0 Å². The smallest absolute Gasteiger partial charge is 0.227 e. The van der Waals surface area contributed by atoms with Crippen molar-refractivity contribution < 1.29 is 9.59 Å². The molecule has 0 aromatic carbocycles. The standard InChI is InChI=1S/C16H29N3O2/c1-11(2)8-9-12(3)16(21)19-15(13(4)20)7-6-10-18-14(5)17/h8-9,11-12,15H,6-7,10H2,1-5H3,(H2,17,18)(H,19,21). The Labute approximate surface area is 128 Å². The van der Waals surface area contributed by atoms with Gasteiger partial charge in [0.25, 0.3) is 0 Å². The van der Waals surface area contributed by atoms with Crippen molar-refractivity contribution in [1.29, 1.82) is 0 Å². The number of aliphatic imine (C=N–C) groups is 1. The summed E-state index contributed by atoms with van der Waals surface area (Å²) in [6.07, 6.45) is 5.17. The number of amides is 1. The molecule has 0 aromatic rings. The number of nitrogens with one attached hydrogen (secondary N) is 1. The summed E-state index contributed by atoms with van der Waals surface area (Å²) in [6, 6.07) is -0.444. The fraction of sp³-hybridized carbons (Fsp3) is 0.688. The van der Waals surface area contributed by atoms with Gasteiger partial charge in [-0.3, -0.25) is 14.6 Å². The first-order valence-electron chi connectivity index (χ1n) is 7.49. The zero-order valence-corrected chi connectivity index (χ0v) is 13.8. The summed E-state index contributed by atoms with van der Waals surface area (Å²) in [7, 11) is 0. The normalized spacial score (nSPS) is 15.2. The van der Waals surface area contributed by atoms with Crippen molar-refractivity contribution in [2.45, 2.75) is 53.5 Å². The van der Waals surface area contributed by atoms with E-state index >= 15 is 0 Å². The van der Waals surface area contributed by atoms with Gasteiger partial charge in [-0.25, -0.2) is 0 Å². The molecule has 5 heteroatoms. The molecule has 0 aliphatic rings. The topological polar surface area (TPSA) is 84.6 Å². The molecule has 0 bridgehead atoms. The van der Waals surface area contributed by atoms with Crippen molar-refractivity contribution in [2.24, 2.45) is 22.6 Å². The molecular formula is C16H29N3O2. The van der Waals surface area contributed by atoms with Gasteiger partial charge in [0.1, 0.15) is 0 Å². The van der Waals surface area contributed by atoms with Crippen LogP contribution in [0.4, 0.5) is 0 Å². The second-order valence-corrected chi connectivity index (χ2v) is 5.75. The molecular weight excluding hydrogens is 266 g/mol. The number of rotatable bonds is 9. The van der Waals surface area contributed by atoms with E-state index in [1.807, 2.05) is 19.1 Å². The largest absolute Gasteiger partial charge is 0.388 e. The number of allylic oxidation sites excluding steroid dienone is 1. The Balaban J connectivity index is 4.39. The second-order valence-electron chi connectivity index (χ2n) is 5.75. The third kappa shape index (κ3) is 9.82. The Kier molecular flexibility index (Phi) is 9.34. The van der Waals surface area contributed by atoms with Gasteiger partial charge in [-0.15, -0.1) is 0 Å². The van der Waals surface area contributed by atoms with Crippen LogP contribution < -0.4 is 11.1 Å². The highest BCUT2D eigenvalue weighted by molar-refractivity contribution is 5.88. The highest BCUT2D eigenvalue weighted by Gasteiger charge is 2.19. The van der Waals surface area contributed by atoms with Crippen molar-refractivity contribution in [3.05, 3.63) is 12.2 Å². The lowest BCUT2D eigenvalue weighted by atomic mass is 10.0. The van der Waals surface area contributed by atoms with Crippen molar-refractivity contribution >= 4 is 17.5 Å². The van der Waals surface area contributed by atoms with E-state index in [2.05, 4.69) is 24.2 Å². The third-order valence-corrected chi connectivity index (χ3v) is 3.02. The van der Waals surface area contributed by atoms with Gasteiger partial charge in [-0.05, 0) is 32.6 Å². The zero-order chi connectivity index (χ0) is 16.4. The van der Waals surface area contributed by atoms with Crippen LogP contribution in [0, 0.1) is 11.8 Å². The van der Waals surface area contributed by atoms with E-state index in [9.17, 15) is 9.59 Å². The average Bonchev–Trinajstić information content (AvgIpc) is 2.38. The molecule has 120 valence electrons. The Morgan fingerprint density at radius 3 is 2.29 bits per heavy atom. The summed E-state index contributed by atoms with van der Waals surface area (Å²) in [5, 5.41) is 2.81. The molecule has 0 saturated carbocycles. The Morgan fingerprint density at radius 2 is 1.81 bits per heavy atom. The number of hydrogen-bond donors (Lipinski definition) is 2. The minimum absolute atomic E-state index is 0.0307. The summed E-state index contributed by atoms with van der Waals surface area (Å²) < 4.78 is 0. The molecule has 0 saturated heterocycles. The van der Waals surface area contributed by atoms with Gasteiger partial charge in [0, 0.05) is 6.54 Å². The van der Waals surface area contributed by atoms with Crippen LogP contribution in [0.3, 0.4) is 0 Å². The predicted molar refractivity (Wildman–Crippen MR) is 87.2 cm³/mol. The van der Waals surface area contributed by atoms with Crippen LogP contribution in [0.25, 0.3) is 0 Å². The molecule has 0 spiro atoms. The number of carbonyl (C=O) groups excluding carboxylic acids is 2. The lowest BCUT2D eigenvalue weighted by Crippen LogP contribution is -2.42. The number of nitrogens with zero attached hydrogens (tertiary/aromatic N) is 1. The SMILES string of the molecule is CC(=O)C(CCCN=C(C)N)NC(=O)C(C)C=CC(C)C. The summed E-state index contributed by atoms with van der Waals surface area (Å²) in [6.45, 7) is 9.74. The highest BCUT2D eigenvalue weighted by atomic mass is 16.2. The molecule has 0 aromatic heterocycles. The minimum Gasteiger partial charge on any atom is -0.388 e. The van der Waals surface area contributed by atoms with Gasteiger partial charge >= 0.3 is 0 Å². The maximum Gasteiger partial charge on any atom is 0.227 e. The summed E-state index contributed by atoms with van der Waals surface area (Å²) in [4.78, 5) is 27.7. The van der Waals surface area contributed by atoms with E-state index in [-0.39, 0.29) is 17.6 Å². The molecule has 5 nitrogen and oxygen atoms in total. The Morgan fingerprint density at radius 1 is 1.19 bits per heavy atom. The van der Waals surface area contributed by atoms with Crippen molar-refractivity contribution in [3.63, 3.8) is 0 Å². The van der Waals surface area contributed by atoms with Crippen molar-refractivity contribution in [3.8, 4) is 0 Å². The first-order chi connectivity index (χ1) is 9.73. The number of hydrogen-bond acceptors (Lipinski definition) is 3. The quantitative estimate of drug-likeness (QED) is 0.295. The van der Waals surface area contributed by atoms with Crippen molar-refractivity contribution in [1.82, 2.24) is 5.32 Å². The molecule has 0 fully saturated rings. The zero-order valence-electron chi connectivity index (χ0n) is 13.8. The van der Waals surface area contributed by atoms with Gasteiger partial charge in [0.05, 0.1) is 17.8 Å². The number of carbonyl (C=O) groups is 2.